The van der Waals surface area contributed by atoms with Crippen LogP contribution in [0.5, 0.6) is 0 Å². The SMILES string of the molecule is COCCN(CCCN)S(=O)(=O)c1cnn(C)c1. The van der Waals surface area contributed by atoms with Gasteiger partial charge in [-0.1, -0.05) is 0 Å². The molecule has 1 rings (SSSR count). The first-order chi connectivity index (χ1) is 8.52. The summed E-state index contributed by atoms with van der Waals surface area (Å²) in [5.41, 5.74) is 5.42. The van der Waals surface area contributed by atoms with Gasteiger partial charge in [0.25, 0.3) is 0 Å². The summed E-state index contributed by atoms with van der Waals surface area (Å²) in [5, 5.41) is 3.88. The molecule has 0 aliphatic carbocycles. The zero-order valence-electron chi connectivity index (χ0n) is 10.7. The maximum absolute atomic E-state index is 12.3. The largest absolute Gasteiger partial charge is 0.383 e. The van der Waals surface area contributed by atoms with Crippen molar-refractivity contribution in [2.45, 2.75) is 11.3 Å². The Hall–Kier alpha value is -0.960. The van der Waals surface area contributed by atoms with Gasteiger partial charge in [-0.05, 0) is 13.0 Å². The van der Waals surface area contributed by atoms with Gasteiger partial charge in [0.2, 0.25) is 10.0 Å². The Morgan fingerprint density at radius 2 is 2.22 bits per heavy atom. The highest BCUT2D eigenvalue weighted by atomic mass is 32.2. The molecular formula is C10H20N4O3S. The van der Waals surface area contributed by atoms with E-state index in [-0.39, 0.29) is 4.90 Å². The molecule has 7 nitrogen and oxygen atoms in total. The maximum atomic E-state index is 12.3. The van der Waals surface area contributed by atoms with Crippen LogP contribution in [0.15, 0.2) is 17.3 Å². The number of nitrogens with two attached hydrogens (primary N) is 1. The second-order valence-electron chi connectivity index (χ2n) is 3.89. The Morgan fingerprint density at radius 3 is 2.72 bits per heavy atom. The fourth-order valence-electron chi connectivity index (χ4n) is 1.49. The molecular weight excluding hydrogens is 256 g/mol. The second kappa shape index (κ2) is 6.83. The Kier molecular flexibility index (Phi) is 5.73. The predicted octanol–water partition coefficient (Wildman–Crippen LogP) is -0.594. The molecule has 0 saturated carbocycles. The summed E-state index contributed by atoms with van der Waals surface area (Å²) in [6, 6.07) is 0. The lowest BCUT2D eigenvalue weighted by Gasteiger charge is -2.20. The minimum Gasteiger partial charge on any atom is -0.383 e. The van der Waals surface area contributed by atoms with Crippen LogP contribution >= 0.6 is 0 Å². The van der Waals surface area contributed by atoms with Crippen molar-refractivity contribution in [3.63, 3.8) is 0 Å². The van der Waals surface area contributed by atoms with Crippen LogP contribution < -0.4 is 5.73 Å². The zero-order valence-corrected chi connectivity index (χ0v) is 11.6. The van der Waals surface area contributed by atoms with Crippen molar-refractivity contribution in [3.8, 4) is 0 Å². The number of aromatic nitrogens is 2. The van der Waals surface area contributed by atoms with Crippen LogP contribution in [0.1, 0.15) is 6.42 Å². The number of methoxy groups -OCH3 is 1. The lowest BCUT2D eigenvalue weighted by atomic mass is 10.4. The molecule has 1 aromatic heterocycles. The molecule has 1 heterocycles. The van der Waals surface area contributed by atoms with Crippen LogP contribution in [0.4, 0.5) is 0 Å². The van der Waals surface area contributed by atoms with Crippen molar-refractivity contribution < 1.29 is 13.2 Å². The van der Waals surface area contributed by atoms with E-state index >= 15 is 0 Å². The Bertz CT molecular complexity index is 449. The lowest BCUT2D eigenvalue weighted by Crippen LogP contribution is -2.35. The van der Waals surface area contributed by atoms with Gasteiger partial charge in [0.1, 0.15) is 4.90 Å². The van der Waals surface area contributed by atoms with Gasteiger partial charge in [-0.2, -0.15) is 9.40 Å². The van der Waals surface area contributed by atoms with Gasteiger partial charge in [0, 0.05) is 33.4 Å². The van der Waals surface area contributed by atoms with Crippen LogP contribution in [-0.2, 0) is 21.8 Å². The molecule has 0 aliphatic rings. The van der Waals surface area contributed by atoms with Gasteiger partial charge in [0.15, 0.2) is 0 Å². The summed E-state index contributed by atoms with van der Waals surface area (Å²) < 4.78 is 32.4. The fraction of sp³-hybridized carbons (Fsp3) is 0.700. The molecule has 0 unspecified atom stereocenters. The van der Waals surface area contributed by atoms with E-state index in [0.29, 0.717) is 32.7 Å². The van der Waals surface area contributed by atoms with Crippen molar-refractivity contribution in [1.29, 1.82) is 0 Å². The monoisotopic (exact) mass is 276 g/mol. The van der Waals surface area contributed by atoms with Gasteiger partial charge in [0.05, 0.1) is 12.8 Å². The van der Waals surface area contributed by atoms with E-state index in [1.54, 1.807) is 7.05 Å². The quantitative estimate of drug-likeness (QED) is 0.685. The van der Waals surface area contributed by atoms with Crippen LogP contribution in [0.2, 0.25) is 0 Å². The average molecular weight is 276 g/mol. The van der Waals surface area contributed by atoms with Gasteiger partial charge < -0.3 is 10.5 Å². The molecule has 18 heavy (non-hydrogen) atoms. The number of hydrogen-bond acceptors (Lipinski definition) is 5. The number of ether oxygens (including phenoxy) is 1. The standard InChI is InChI=1S/C10H20N4O3S/c1-13-9-10(8-12-13)18(15,16)14(5-3-4-11)6-7-17-2/h8-9H,3-7,11H2,1-2H3. The Labute approximate surface area is 108 Å². The highest BCUT2D eigenvalue weighted by molar-refractivity contribution is 7.89. The molecule has 0 spiro atoms. The second-order valence-corrected chi connectivity index (χ2v) is 5.83. The summed E-state index contributed by atoms with van der Waals surface area (Å²) in [6.45, 7) is 1.50. The van der Waals surface area contributed by atoms with E-state index in [1.165, 1.54) is 28.5 Å². The molecule has 8 heteroatoms. The van der Waals surface area contributed by atoms with Crippen molar-refractivity contribution in [3.05, 3.63) is 12.4 Å². The zero-order chi connectivity index (χ0) is 13.6. The molecule has 0 aliphatic heterocycles. The van der Waals surface area contributed by atoms with Crippen molar-refractivity contribution in [2.75, 3.05) is 33.4 Å². The van der Waals surface area contributed by atoms with Gasteiger partial charge in [-0.25, -0.2) is 8.42 Å². The average Bonchev–Trinajstić information content (AvgIpc) is 2.76. The van der Waals surface area contributed by atoms with Gasteiger partial charge in [-0.15, -0.1) is 0 Å². The van der Waals surface area contributed by atoms with Crippen molar-refractivity contribution >= 4 is 10.0 Å². The lowest BCUT2D eigenvalue weighted by molar-refractivity contribution is 0.178. The first-order valence-corrected chi connectivity index (χ1v) is 7.14. The molecule has 0 amide bonds. The van der Waals surface area contributed by atoms with Crippen LogP contribution in [0.25, 0.3) is 0 Å². The van der Waals surface area contributed by atoms with E-state index in [9.17, 15) is 8.42 Å². The van der Waals surface area contributed by atoms with Crippen molar-refractivity contribution in [2.24, 2.45) is 12.8 Å². The van der Waals surface area contributed by atoms with Crippen LogP contribution in [0.3, 0.4) is 0 Å². The fourth-order valence-corrected chi connectivity index (χ4v) is 2.94. The Balaban J connectivity index is 2.88. The summed E-state index contributed by atoms with van der Waals surface area (Å²) in [4.78, 5) is 0.193. The molecule has 0 fully saturated rings. The first-order valence-electron chi connectivity index (χ1n) is 5.70. The van der Waals surface area contributed by atoms with Crippen LogP contribution in [0, 0.1) is 0 Å². The number of sulfonamides is 1. The van der Waals surface area contributed by atoms with E-state index in [0.717, 1.165) is 0 Å². The topological polar surface area (TPSA) is 90.4 Å². The van der Waals surface area contributed by atoms with Crippen LogP contribution in [-0.4, -0.2) is 55.9 Å². The minimum atomic E-state index is -3.51. The maximum Gasteiger partial charge on any atom is 0.246 e. The number of nitrogens with zero attached hydrogens (tertiary/aromatic N) is 3. The molecule has 0 saturated heterocycles. The Morgan fingerprint density at radius 1 is 1.50 bits per heavy atom. The van der Waals surface area contributed by atoms with Gasteiger partial charge in [-0.3, -0.25) is 4.68 Å². The molecule has 0 atom stereocenters. The molecule has 0 radical (unpaired) electrons. The molecule has 0 bridgehead atoms. The minimum absolute atomic E-state index is 0.193. The summed E-state index contributed by atoms with van der Waals surface area (Å²) in [7, 11) is -0.292. The normalized spacial score (nSPS) is 12.2. The van der Waals surface area contributed by atoms with E-state index < -0.39 is 10.0 Å². The summed E-state index contributed by atoms with van der Waals surface area (Å²) >= 11 is 0. The van der Waals surface area contributed by atoms with Gasteiger partial charge >= 0.3 is 0 Å². The van der Waals surface area contributed by atoms with Crippen molar-refractivity contribution in [1.82, 2.24) is 14.1 Å². The summed E-state index contributed by atoms with van der Waals surface area (Å²) in [5.74, 6) is 0. The highest BCUT2D eigenvalue weighted by Crippen LogP contribution is 2.14. The highest BCUT2D eigenvalue weighted by Gasteiger charge is 2.24. The molecule has 104 valence electrons. The van der Waals surface area contributed by atoms with E-state index in [4.69, 9.17) is 10.5 Å². The summed E-state index contributed by atoms with van der Waals surface area (Å²) in [6.07, 6.45) is 3.44. The first kappa shape index (κ1) is 15.1. The number of aryl methyl sites for hydroxylation is 1. The molecule has 2 N–H and O–H groups in total. The molecule has 1 aromatic rings. The predicted molar refractivity (Wildman–Crippen MR) is 67.5 cm³/mol. The third-order valence-corrected chi connectivity index (χ3v) is 4.33. The van der Waals surface area contributed by atoms with E-state index in [1.807, 2.05) is 0 Å². The van der Waals surface area contributed by atoms with E-state index in [2.05, 4.69) is 5.10 Å². The third kappa shape index (κ3) is 3.77. The number of rotatable bonds is 8. The third-order valence-electron chi connectivity index (χ3n) is 2.48. The smallest absolute Gasteiger partial charge is 0.246 e. The number of hydrogen-bond donors (Lipinski definition) is 1. The molecule has 0 aromatic carbocycles.